The van der Waals surface area contributed by atoms with Gasteiger partial charge in [-0.3, -0.25) is 4.79 Å². The largest absolute Gasteiger partial charge is 0.344 e. The summed E-state index contributed by atoms with van der Waals surface area (Å²) < 4.78 is 11.7. The molecule has 0 saturated heterocycles. The zero-order chi connectivity index (χ0) is 17.0. The Morgan fingerprint density at radius 2 is 2.26 bits per heavy atom. The van der Waals surface area contributed by atoms with Crippen LogP contribution in [0.1, 0.15) is 28.0 Å². The smallest absolute Gasteiger partial charge is 0.264 e. The van der Waals surface area contributed by atoms with Crippen molar-refractivity contribution >= 4 is 41.6 Å². The molecule has 0 aromatic carbocycles. The Hall–Kier alpha value is -1.16. The van der Waals surface area contributed by atoms with Crippen LogP contribution in [0.25, 0.3) is 5.57 Å². The number of thiazole rings is 1. The molecule has 0 spiro atoms. The van der Waals surface area contributed by atoms with Gasteiger partial charge in [-0.15, -0.1) is 11.3 Å². The molecule has 1 aliphatic carbocycles. The van der Waals surface area contributed by atoms with Crippen molar-refractivity contribution in [2.45, 2.75) is 13.3 Å². The number of carbonyl (C=O) groups is 1. The van der Waals surface area contributed by atoms with Crippen LogP contribution in [0.3, 0.4) is 0 Å². The van der Waals surface area contributed by atoms with Crippen LogP contribution in [-0.4, -0.2) is 30.5 Å². The first-order valence-electron chi connectivity index (χ1n) is 7.30. The van der Waals surface area contributed by atoms with Gasteiger partial charge in [0.05, 0.1) is 6.29 Å². The highest BCUT2D eigenvalue weighted by atomic mass is 35.5. The van der Waals surface area contributed by atoms with Crippen LogP contribution in [0, 0.1) is 5.92 Å². The van der Waals surface area contributed by atoms with Crippen molar-refractivity contribution in [3.8, 4) is 0 Å². The van der Waals surface area contributed by atoms with Gasteiger partial charge >= 0.3 is 0 Å². The third kappa shape index (κ3) is 5.45. The summed E-state index contributed by atoms with van der Waals surface area (Å²) in [7, 11) is -2.31. The normalized spacial score (nSPS) is 18.3. The summed E-state index contributed by atoms with van der Waals surface area (Å²) in [6.07, 6.45) is 11.3. The summed E-state index contributed by atoms with van der Waals surface area (Å²) in [5.41, 5.74) is 0.927. The van der Waals surface area contributed by atoms with Gasteiger partial charge in [0, 0.05) is 5.57 Å². The van der Waals surface area contributed by atoms with Crippen LogP contribution in [0.2, 0.25) is 5.15 Å². The lowest BCUT2D eigenvalue weighted by Gasteiger charge is -2.07. The van der Waals surface area contributed by atoms with Crippen molar-refractivity contribution in [1.82, 2.24) is 10.3 Å². The summed E-state index contributed by atoms with van der Waals surface area (Å²) in [5.74, 6) is 0.173. The zero-order valence-electron chi connectivity index (χ0n) is 13.4. The van der Waals surface area contributed by atoms with Crippen molar-refractivity contribution in [3.05, 3.63) is 45.4 Å². The first kappa shape index (κ1) is 18.2. The van der Waals surface area contributed by atoms with Gasteiger partial charge in [0.1, 0.15) is 17.0 Å². The molecule has 7 heteroatoms. The number of aromatic nitrogens is 1. The molecule has 1 atom stereocenters. The van der Waals surface area contributed by atoms with Gasteiger partial charge < -0.3 is 9.88 Å². The predicted octanol–water partition coefficient (Wildman–Crippen LogP) is 4.64. The summed E-state index contributed by atoms with van der Waals surface area (Å²) in [5, 5.41) is 3.54. The Kier molecular flexibility index (Phi) is 6.01. The standard InChI is InChI=1S/C16H20ClN2O2PS/c1-11-6-4-8-12(9-5-7-11)16-19-14(17)13(23-16)15(20)18-10-22(2,3)21/h4-6,8-9,11H,7,10H2,1-3H3,(H,18,20). The van der Waals surface area contributed by atoms with E-state index in [-0.39, 0.29) is 17.3 Å². The molecule has 2 rings (SSSR count). The maximum absolute atomic E-state index is 12.2. The Labute approximate surface area is 145 Å². The average Bonchev–Trinajstić information content (AvgIpc) is 2.81. The molecule has 0 fully saturated rings. The fourth-order valence-electron chi connectivity index (χ4n) is 1.94. The van der Waals surface area contributed by atoms with Gasteiger partial charge in [0.25, 0.3) is 5.91 Å². The first-order chi connectivity index (χ1) is 10.8. The van der Waals surface area contributed by atoms with E-state index >= 15 is 0 Å². The fraction of sp³-hybridized carbons (Fsp3) is 0.375. The second-order valence-corrected chi connectivity index (χ2v) is 10.8. The van der Waals surface area contributed by atoms with Crippen molar-refractivity contribution in [2.75, 3.05) is 19.6 Å². The number of hydrogen-bond acceptors (Lipinski definition) is 4. The van der Waals surface area contributed by atoms with Crippen LogP contribution >= 0.6 is 30.1 Å². The maximum Gasteiger partial charge on any atom is 0.264 e. The minimum Gasteiger partial charge on any atom is -0.344 e. The Morgan fingerprint density at radius 1 is 1.52 bits per heavy atom. The van der Waals surface area contributed by atoms with E-state index in [1.165, 1.54) is 11.3 Å². The quantitative estimate of drug-likeness (QED) is 0.785. The second-order valence-electron chi connectivity index (χ2n) is 6.00. The molecule has 1 aliphatic rings. The Bertz CT molecular complexity index is 730. The van der Waals surface area contributed by atoms with Gasteiger partial charge in [-0.25, -0.2) is 4.98 Å². The molecule has 0 aliphatic heterocycles. The van der Waals surface area contributed by atoms with E-state index in [4.69, 9.17) is 11.6 Å². The summed E-state index contributed by atoms with van der Waals surface area (Å²) >= 11 is 7.35. The first-order valence-corrected chi connectivity index (χ1v) is 11.3. The van der Waals surface area contributed by atoms with Crippen molar-refractivity contribution < 1.29 is 9.36 Å². The monoisotopic (exact) mass is 370 g/mol. The Balaban J connectivity index is 2.20. The van der Waals surface area contributed by atoms with Gasteiger partial charge in [0.15, 0.2) is 5.15 Å². The number of allylic oxidation sites excluding steroid dienone is 6. The number of nitrogens with zero attached hydrogens (tertiary/aromatic N) is 1. The molecule has 1 unspecified atom stereocenters. The van der Waals surface area contributed by atoms with E-state index in [9.17, 15) is 9.36 Å². The number of carbonyl (C=O) groups excluding carboxylic acids is 1. The molecule has 1 N–H and O–H groups in total. The zero-order valence-corrected chi connectivity index (χ0v) is 15.8. The highest BCUT2D eigenvalue weighted by Gasteiger charge is 2.19. The maximum atomic E-state index is 12.2. The molecule has 4 nitrogen and oxygen atoms in total. The lowest BCUT2D eigenvalue weighted by molar-refractivity contribution is 0.0964. The van der Waals surface area contributed by atoms with E-state index in [1.54, 1.807) is 13.3 Å². The van der Waals surface area contributed by atoms with Gasteiger partial charge in [0.2, 0.25) is 0 Å². The lowest BCUT2D eigenvalue weighted by atomic mass is 10.0. The van der Waals surface area contributed by atoms with Gasteiger partial charge in [-0.05, 0) is 25.7 Å². The van der Waals surface area contributed by atoms with Crippen LogP contribution in [0.4, 0.5) is 0 Å². The third-order valence-corrected chi connectivity index (χ3v) is 5.59. The number of halogens is 1. The molecule has 124 valence electrons. The number of nitrogens with one attached hydrogen (secondary N) is 1. The number of rotatable bonds is 4. The van der Waals surface area contributed by atoms with Gasteiger partial charge in [-0.1, -0.05) is 48.9 Å². The molecular weight excluding hydrogens is 351 g/mol. The summed E-state index contributed by atoms with van der Waals surface area (Å²) in [4.78, 5) is 16.8. The molecule has 0 bridgehead atoms. The third-order valence-electron chi connectivity index (χ3n) is 3.18. The summed E-state index contributed by atoms with van der Waals surface area (Å²) in [6, 6.07) is 0. The predicted molar refractivity (Wildman–Crippen MR) is 98.9 cm³/mol. The van der Waals surface area contributed by atoms with Gasteiger partial charge in [-0.2, -0.15) is 0 Å². The molecule has 1 amide bonds. The molecular formula is C16H20ClN2O2PS. The Morgan fingerprint density at radius 3 is 2.96 bits per heavy atom. The van der Waals surface area contributed by atoms with Crippen LogP contribution < -0.4 is 5.32 Å². The molecule has 0 radical (unpaired) electrons. The average molecular weight is 371 g/mol. The molecule has 1 aromatic rings. The van der Waals surface area contributed by atoms with E-state index in [2.05, 4.69) is 29.4 Å². The fourth-order valence-corrected chi connectivity index (χ4v) is 3.68. The van der Waals surface area contributed by atoms with E-state index in [1.807, 2.05) is 18.2 Å². The summed E-state index contributed by atoms with van der Waals surface area (Å²) in [6.45, 7) is 5.41. The highest BCUT2D eigenvalue weighted by molar-refractivity contribution is 7.62. The van der Waals surface area contributed by atoms with Crippen molar-refractivity contribution in [1.29, 1.82) is 0 Å². The highest BCUT2D eigenvalue weighted by Crippen LogP contribution is 2.34. The van der Waals surface area contributed by atoms with E-state index < -0.39 is 7.14 Å². The topological polar surface area (TPSA) is 59.1 Å². The molecule has 23 heavy (non-hydrogen) atoms. The lowest BCUT2D eigenvalue weighted by Crippen LogP contribution is -2.23. The van der Waals surface area contributed by atoms with Crippen LogP contribution in [0.5, 0.6) is 0 Å². The van der Waals surface area contributed by atoms with Crippen LogP contribution in [-0.2, 0) is 4.57 Å². The number of hydrogen-bond donors (Lipinski definition) is 1. The van der Waals surface area contributed by atoms with Crippen molar-refractivity contribution in [3.63, 3.8) is 0 Å². The second kappa shape index (κ2) is 7.61. The minimum atomic E-state index is -2.31. The molecule has 1 heterocycles. The van der Waals surface area contributed by atoms with Crippen LogP contribution in [0.15, 0.2) is 30.4 Å². The van der Waals surface area contributed by atoms with Crippen molar-refractivity contribution in [2.24, 2.45) is 5.92 Å². The SMILES string of the molecule is CC1C=CC=C(c2nc(Cl)c(C(=O)NCP(C)(C)=O)s2)C=CC1. The number of amides is 1. The van der Waals surface area contributed by atoms with E-state index in [0.29, 0.717) is 15.8 Å². The minimum absolute atomic E-state index is 0.151. The van der Waals surface area contributed by atoms with E-state index in [0.717, 1.165) is 12.0 Å². The molecule has 1 aromatic heterocycles. The molecule has 0 saturated carbocycles.